The van der Waals surface area contributed by atoms with Crippen LogP contribution in [-0.2, 0) is 11.2 Å². The highest BCUT2D eigenvalue weighted by Crippen LogP contribution is 2.33. The van der Waals surface area contributed by atoms with E-state index >= 15 is 0 Å². The third kappa shape index (κ3) is 6.46. The molecule has 1 aliphatic rings. The van der Waals surface area contributed by atoms with Crippen LogP contribution in [0.15, 0.2) is 46.8 Å². The highest BCUT2D eigenvalue weighted by molar-refractivity contribution is 14.0. The minimum Gasteiger partial charge on any atom is -0.373 e. The largest absolute Gasteiger partial charge is 0.373 e. The van der Waals surface area contributed by atoms with Crippen LogP contribution in [0.2, 0.25) is 0 Å². The van der Waals surface area contributed by atoms with Gasteiger partial charge in [0.1, 0.15) is 0 Å². The molecule has 1 aromatic heterocycles. The zero-order valence-electron chi connectivity index (χ0n) is 17.1. The highest BCUT2D eigenvalue weighted by atomic mass is 127. The van der Waals surface area contributed by atoms with Crippen molar-refractivity contribution in [2.45, 2.75) is 32.3 Å². The molecular formula is C22H32IN3OS. The normalized spacial score (nSPS) is 19.8. The minimum atomic E-state index is 0. The van der Waals surface area contributed by atoms with E-state index in [0.29, 0.717) is 5.92 Å². The number of rotatable bonds is 6. The summed E-state index contributed by atoms with van der Waals surface area (Å²) in [7, 11) is 3.97. The molecule has 2 heterocycles. The summed E-state index contributed by atoms with van der Waals surface area (Å²) in [6.45, 7) is 4.82. The van der Waals surface area contributed by atoms with Crippen molar-refractivity contribution in [2.24, 2.45) is 10.9 Å². The third-order valence-corrected chi connectivity index (χ3v) is 6.16. The lowest BCUT2D eigenvalue weighted by Crippen LogP contribution is -2.43. The van der Waals surface area contributed by atoms with Gasteiger partial charge in [0.2, 0.25) is 0 Å². The Morgan fingerprint density at radius 2 is 2.07 bits per heavy atom. The van der Waals surface area contributed by atoms with Gasteiger partial charge in [-0.15, -0.1) is 35.3 Å². The average Bonchev–Trinajstić information content (AvgIpc) is 3.21. The van der Waals surface area contributed by atoms with Crippen LogP contribution in [0.4, 0.5) is 0 Å². The van der Waals surface area contributed by atoms with Crippen LogP contribution in [0, 0.1) is 12.8 Å². The number of hydrogen-bond acceptors (Lipinski definition) is 3. The fraction of sp³-hybridized carbons (Fsp3) is 0.500. The van der Waals surface area contributed by atoms with Crippen LogP contribution >= 0.6 is 35.3 Å². The standard InChI is InChI=1S/C22H31N3OS.HI/c1-17-8-10-18(11-9-17)21-19(6-4-14-26-21)16-24-22(23-2)25(3)13-12-20-7-5-15-27-20;/h5,7-11,15,19,21H,4,6,12-14,16H2,1-3H3,(H,23,24);1H. The summed E-state index contributed by atoms with van der Waals surface area (Å²) < 4.78 is 6.15. The van der Waals surface area contributed by atoms with Crippen molar-refractivity contribution in [3.63, 3.8) is 0 Å². The van der Waals surface area contributed by atoms with E-state index in [-0.39, 0.29) is 30.1 Å². The van der Waals surface area contributed by atoms with Crippen LogP contribution in [0.1, 0.15) is 34.9 Å². The molecular weight excluding hydrogens is 481 g/mol. The molecule has 28 heavy (non-hydrogen) atoms. The van der Waals surface area contributed by atoms with E-state index in [1.54, 1.807) is 0 Å². The molecule has 0 amide bonds. The maximum atomic E-state index is 6.15. The van der Waals surface area contributed by atoms with Crippen LogP contribution < -0.4 is 5.32 Å². The predicted molar refractivity (Wildman–Crippen MR) is 130 cm³/mol. The summed E-state index contributed by atoms with van der Waals surface area (Å²) in [4.78, 5) is 8.10. The molecule has 2 atom stereocenters. The molecule has 2 aromatic rings. The maximum Gasteiger partial charge on any atom is 0.193 e. The van der Waals surface area contributed by atoms with E-state index in [0.717, 1.165) is 38.5 Å². The van der Waals surface area contributed by atoms with Crippen molar-refractivity contribution >= 4 is 41.3 Å². The second-order valence-corrected chi connectivity index (χ2v) is 8.32. The smallest absolute Gasteiger partial charge is 0.193 e. The second kappa shape index (κ2) is 11.8. The Morgan fingerprint density at radius 3 is 2.75 bits per heavy atom. The number of ether oxygens (including phenoxy) is 1. The summed E-state index contributed by atoms with van der Waals surface area (Å²) >= 11 is 1.82. The molecule has 1 N–H and O–H groups in total. The summed E-state index contributed by atoms with van der Waals surface area (Å²) in [6.07, 6.45) is 3.53. The number of nitrogens with zero attached hydrogens (tertiary/aromatic N) is 2. The van der Waals surface area contributed by atoms with Crippen molar-refractivity contribution < 1.29 is 4.74 Å². The first kappa shape index (κ1) is 23.2. The Hall–Kier alpha value is -1.12. The first-order valence-corrected chi connectivity index (χ1v) is 10.7. The SMILES string of the molecule is CN=C(NCC1CCCOC1c1ccc(C)cc1)N(C)CCc1cccs1.I. The lowest BCUT2D eigenvalue weighted by molar-refractivity contribution is -0.0266. The van der Waals surface area contributed by atoms with E-state index in [4.69, 9.17) is 4.74 Å². The van der Waals surface area contributed by atoms with Crippen molar-refractivity contribution in [1.82, 2.24) is 10.2 Å². The zero-order valence-corrected chi connectivity index (χ0v) is 20.2. The lowest BCUT2D eigenvalue weighted by Gasteiger charge is -2.33. The summed E-state index contributed by atoms with van der Waals surface area (Å²) in [6, 6.07) is 13.1. The maximum absolute atomic E-state index is 6.15. The predicted octanol–water partition coefficient (Wildman–Crippen LogP) is 4.89. The topological polar surface area (TPSA) is 36.9 Å². The monoisotopic (exact) mass is 513 g/mol. The van der Waals surface area contributed by atoms with Gasteiger partial charge in [-0.2, -0.15) is 0 Å². The zero-order chi connectivity index (χ0) is 19.1. The van der Waals surface area contributed by atoms with Crippen molar-refractivity contribution in [3.05, 3.63) is 57.8 Å². The summed E-state index contributed by atoms with van der Waals surface area (Å²) in [5.74, 6) is 1.42. The molecule has 154 valence electrons. The average molecular weight is 513 g/mol. The van der Waals surface area contributed by atoms with E-state index in [9.17, 15) is 0 Å². The van der Waals surface area contributed by atoms with Crippen molar-refractivity contribution in [1.29, 1.82) is 0 Å². The van der Waals surface area contributed by atoms with Gasteiger partial charge >= 0.3 is 0 Å². The van der Waals surface area contributed by atoms with Gasteiger partial charge in [-0.1, -0.05) is 35.9 Å². The van der Waals surface area contributed by atoms with Crippen LogP contribution in [0.25, 0.3) is 0 Å². The van der Waals surface area contributed by atoms with Gasteiger partial charge in [0.05, 0.1) is 6.10 Å². The molecule has 1 saturated heterocycles. The molecule has 0 spiro atoms. The summed E-state index contributed by atoms with van der Waals surface area (Å²) in [5, 5.41) is 5.72. The Kier molecular flexibility index (Phi) is 9.74. The van der Waals surface area contributed by atoms with Gasteiger partial charge in [0.25, 0.3) is 0 Å². The van der Waals surface area contributed by atoms with Gasteiger partial charge < -0.3 is 15.0 Å². The Labute approximate surface area is 190 Å². The first-order valence-electron chi connectivity index (χ1n) is 9.79. The molecule has 6 heteroatoms. The molecule has 1 aromatic carbocycles. The van der Waals surface area contributed by atoms with E-state index in [1.165, 1.54) is 22.4 Å². The molecule has 2 unspecified atom stereocenters. The van der Waals surface area contributed by atoms with Gasteiger partial charge in [0.15, 0.2) is 5.96 Å². The van der Waals surface area contributed by atoms with Gasteiger partial charge in [-0.25, -0.2) is 0 Å². The van der Waals surface area contributed by atoms with Gasteiger partial charge in [0, 0.05) is 44.6 Å². The van der Waals surface area contributed by atoms with Crippen molar-refractivity contribution in [2.75, 3.05) is 33.8 Å². The number of halogens is 1. The second-order valence-electron chi connectivity index (χ2n) is 7.28. The van der Waals surface area contributed by atoms with Crippen LogP contribution in [-0.4, -0.2) is 44.7 Å². The van der Waals surface area contributed by atoms with Crippen LogP contribution in [0.3, 0.4) is 0 Å². The van der Waals surface area contributed by atoms with Gasteiger partial charge in [-0.05, 0) is 43.2 Å². The quantitative estimate of drug-likeness (QED) is 0.340. The van der Waals surface area contributed by atoms with E-state index in [1.807, 2.05) is 18.4 Å². The van der Waals surface area contributed by atoms with E-state index < -0.39 is 0 Å². The fourth-order valence-corrected chi connectivity index (χ4v) is 4.32. The number of nitrogens with one attached hydrogen (secondary N) is 1. The molecule has 1 aliphatic heterocycles. The lowest BCUT2D eigenvalue weighted by atomic mass is 9.89. The molecule has 0 saturated carbocycles. The molecule has 1 fully saturated rings. The molecule has 0 aliphatic carbocycles. The number of aryl methyl sites for hydroxylation is 1. The molecule has 0 bridgehead atoms. The molecule has 0 radical (unpaired) electrons. The Bertz CT molecular complexity index is 718. The van der Waals surface area contributed by atoms with Crippen LogP contribution in [0.5, 0.6) is 0 Å². The summed E-state index contributed by atoms with van der Waals surface area (Å²) in [5.41, 5.74) is 2.57. The van der Waals surface area contributed by atoms with E-state index in [2.05, 4.69) is 71.0 Å². The Morgan fingerprint density at radius 1 is 1.29 bits per heavy atom. The number of benzene rings is 1. The van der Waals surface area contributed by atoms with Gasteiger partial charge in [-0.3, -0.25) is 4.99 Å². The number of thiophene rings is 1. The Balaban J connectivity index is 0.00000280. The molecule has 4 nitrogen and oxygen atoms in total. The van der Waals surface area contributed by atoms with Crippen molar-refractivity contribution in [3.8, 4) is 0 Å². The highest BCUT2D eigenvalue weighted by Gasteiger charge is 2.27. The number of hydrogen-bond donors (Lipinski definition) is 1. The minimum absolute atomic E-state index is 0. The fourth-order valence-electron chi connectivity index (χ4n) is 3.62. The number of likely N-dealkylation sites (N-methyl/N-ethyl adjacent to an activating group) is 1. The number of guanidine groups is 1. The molecule has 3 rings (SSSR count). The first-order chi connectivity index (χ1) is 13.2. The third-order valence-electron chi connectivity index (χ3n) is 5.22. The number of aliphatic imine (C=N–C) groups is 1.